The highest BCUT2D eigenvalue weighted by Crippen LogP contribution is 2.43. The van der Waals surface area contributed by atoms with Gasteiger partial charge in [-0.25, -0.2) is 0 Å². The number of benzene rings is 2. The molecular formula is C26H26F3NO5S. The fourth-order valence-electron chi connectivity index (χ4n) is 4.56. The predicted octanol–water partition coefficient (Wildman–Crippen LogP) is 5.08. The van der Waals surface area contributed by atoms with Crippen molar-refractivity contribution in [2.24, 2.45) is 5.92 Å². The van der Waals surface area contributed by atoms with Crippen molar-refractivity contribution in [1.29, 1.82) is 0 Å². The van der Waals surface area contributed by atoms with Crippen LogP contribution in [0.3, 0.4) is 0 Å². The number of rotatable bonds is 9. The number of carbonyl (C=O) groups excluding carboxylic acids is 1. The molecule has 0 saturated heterocycles. The molecule has 2 aliphatic carbocycles. The second-order valence-corrected chi connectivity index (χ2v) is 10.2. The summed E-state index contributed by atoms with van der Waals surface area (Å²) >= 11 is -0.204. The Labute approximate surface area is 210 Å². The lowest BCUT2D eigenvalue weighted by Gasteiger charge is -2.39. The van der Waals surface area contributed by atoms with Crippen molar-refractivity contribution in [2.75, 3.05) is 6.54 Å². The first kappa shape index (κ1) is 26.2. The lowest BCUT2D eigenvalue weighted by molar-refractivity contribution is -0.148. The molecule has 0 radical (unpaired) electrons. The smallest absolute Gasteiger partial charge is 0.446 e. The average molecular weight is 522 g/mol. The van der Waals surface area contributed by atoms with E-state index in [1.165, 1.54) is 24.3 Å². The first-order valence-electron chi connectivity index (χ1n) is 11.5. The summed E-state index contributed by atoms with van der Waals surface area (Å²) in [5, 5.41) is 23.4. The van der Waals surface area contributed by atoms with Crippen LogP contribution < -0.4 is 5.32 Å². The van der Waals surface area contributed by atoms with Gasteiger partial charge in [0.2, 0.25) is 0 Å². The highest BCUT2D eigenvalue weighted by Gasteiger charge is 2.45. The number of carbonyl (C=O) groups is 2. The summed E-state index contributed by atoms with van der Waals surface area (Å²) in [5.74, 6) is -1.71. The molecule has 0 aliphatic heterocycles. The minimum atomic E-state index is -4.38. The normalized spacial score (nSPS) is 20.9. The van der Waals surface area contributed by atoms with Crippen LogP contribution >= 0.6 is 11.8 Å². The Morgan fingerprint density at radius 1 is 1.14 bits per heavy atom. The van der Waals surface area contributed by atoms with Gasteiger partial charge < -0.3 is 14.9 Å². The Bertz CT molecular complexity index is 1170. The van der Waals surface area contributed by atoms with Crippen molar-refractivity contribution in [3.05, 3.63) is 70.8 Å². The number of Topliss-reactive ketones (excluding diaryl/α,β-unsaturated/α-hetero) is 1. The average Bonchev–Trinajstić information content (AvgIpc) is 2.79. The van der Waals surface area contributed by atoms with E-state index in [-0.39, 0.29) is 46.9 Å². The third kappa shape index (κ3) is 5.45. The SMILES string of the molecule is CC1C(C(=O)CNC2(C(=O)O)CCC2)=C(OCc2ccc(SC(F)(F)F)cc2)c2ccccc2C1O. The number of ketones is 1. The van der Waals surface area contributed by atoms with E-state index in [9.17, 15) is 33.0 Å². The standard InChI is InChI=1S/C26H26F3NO5S/c1-15-21(20(31)13-30-25(24(33)34)11-4-12-25)23(19-6-3-2-5-18(19)22(15)32)35-14-16-7-9-17(10-8-16)36-26(27,28)29/h2-3,5-10,15,22,30,32H,4,11-14H2,1H3,(H,33,34). The Kier molecular flexibility index (Phi) is 7.49. The van der Waals surface area contributed by atoms with Crippen LogP contribution in [0.2, 0.25) is 0 Å². The molecule has 2 aliphatic rings. The van der Waals surface area contributed by atoms with Gasteiger partial charge in [-0.3, -0.25) is 14.9 Å². The van der Waals surface area contributed by atoms with Gasteiger partial charge >= 0.3 is 11.5 Å². The molecule has 0 amide bonds. The molecule has 0 spiro atoms. The highest BCUT2D eigenvalue weighted by atomic mass is 32.2. The monoisotopic (exact) mass is 521 g/mol. The van der Waals surface area contributed by atoms with Crippen LogP contribution in [-0.2, 0) is 20.9 Å². The number of carboxylic acid groups (broad SMARTS) is 1. The Morgan fingerprint density at radius 2 is 1.81 bits per heavy atom. The van der Waals surface area contributed by atoms with E-state index in [1.54, 1.807) is 31.2 Å². The lowest BCUT2D eigenvalue weighted by Crippen LogP contribution is -2.58. The zero-order valence-electron chi connectivity index (χ0n) is 19.5. The number of nitrogens with one attached hydrogen (secondary N) is 1. The highest BCUT2D eigenvalue weighted by molar-refractivity contribution is 8.00. The number of hydrogen-bond donors (Lipinski definition) is 3. The number of halogens is 3. The van der Waals surface area contributed by atoms with Gasteiger partial charge in [0.05, 0.1) is 12.6 Å². The van der Waals surface area contributed by atoms with Crippen molar-refractivity contribution in [1.82, 2.24) is 5.32 Å². The second kappa shape index (κ2) is 10.3. The maximum absolute atomic E-state index is 13.4. The van der Waals surface area contributed by atoms with E-state index in [0.717, 1.165) is 6.42 Å². The van der Waals surface area contributed by atoms with Gasteiger partial charge in [-0.05, 0) is 54.3 Å². The van der Waals surface area contributed by atoms with Gasteiger partial charge in [-0.1, -0.05) is 43.3 Å². The number of fused-ring (bicyclic) bond motifs is 1. The largest absolute Gasteiger partial charge is 0.488 e. The molecule has 10 heteroatoms. The van der Waals surface area contributed by atoms with Gasteiger partial charge in [0.15, 0.2) is 5.78 Å². The van der Waals surface area contributed by atoms with Gasteiger partial charge in [-0.2, -0.15) is 13.2 Å². The van der Waals surface area contributed by atoms with Gasteiger partial charge in [0.25, 0.3) is 0 Å². The van der Waals surface area contributed by atoms with Crippen LogP contribution in [0, 0.1) is 5.92 Å². The molecule has 4 rings (SSSR count). The van der Waals surface area contributed by atoms with E-state index in [0.29, 0.717) is 29.5 Å². The number of hydrogen-bond acceptors (Lipinski definition) is 6. The number of carboxylic acids is 1. The zero-order chi connectivity index (χ0) is 26.1. The molecule has 0 bridgehead atoms. The maximum atomic E-state index is 13.4. The maximum Gasteiger partial charge on any atom is 0.446 e. The van der Waals surface area contributed by atoms with Crippen LogP contribution in [0.1, 0.15) is 49.0 Å². The summed E-state index contributed by atoms with van der Waals surface area (Å²) in [4.78, 5) is 25.1. The van der Waals surface area contributed by atoms with Crippen LogP contribution in [-0.4, -0.2) is 39.6 Å². The number of alkyl halides is 3. The molecule has 2 atom stereocenters. The third-order valence-corrected chi connectivity index (χ3v) is 7.48. The van der Waals surface area contributed by atoms with Crippen molar-refractivity contribution in [3.63, 3.8) is 0 Å². The lowest BCUT2D eigenvalue weighted by atomic mass is 9.76. The van der Waals surface area contributed by atoms with Gasteiger partial charge in [0, 0.05) is 21.9 Å². The number of ether oxygens (including phenoxy) is 1. The molecule has 36 heavy (non-hydrogen) atoms. The summed E-state index contributed by atoms with van der Waals surface area (Å²) in [6, 6.07) is 12.8. The van der Waals surface area contributed by atoms with Crippen molar-refractivity contribution < 1.29 is 37.7 Å². The van der Waals surface area contributed by atoms with E-state index in [4.69, 9.17) is 4.74 Å². The number of thioether (sulfide) groups is 1. The Hall–Kier alpha value is -2.82. The van der Waals surface area contributed by atoms with Crippen LogP contribution in [0.15, 0.2) is 59.0 Å². The predicted molar refractivity (Wildman–Crippen MR) is 128 cm³/mol. The summed E-state index contributed by atoms with van der Waals surface area (Å²) in [6.07, 6.45) is 0.666. The van der Waals surface area contributed by atoms with E-state index in [1.807, 2.05) is 0 Å². The topological polar surface area (TPSA) is 95.9 Å². The summed E-state index contributed by atoms with van der Waals surface area (Å²) in [6.45, 7) is 1.47. The Balaban J connectivity index is 1.60. The molecular weight excluding hydrogens is 495 g/mol. The van der Waals surface area contributed by atoms with Gasteiger partial charge in [-0.15, -0.1) is 0 Å². The van der Waals surface area contributed by atoms with Crippen LogP contribution in [0.25, 0.3) is 5.76 Å². The second-order valence-electron chi connectivity index (χ2n) is 9.06. The fraction of sp³-hybridized carbons (Fsp3) is 0.385. The Morgan fingerprint density at radius 3 is 2.39 bits per heavy atom. The summed E-state index contributed by atoms with van der Waals surface area (Å²) < 4.78 is 43.9. The van der Waals surface area contributed by atoms with Crippen molar-refractivity contribution in [2.45, 2.75) is 54.8 Å². The molecule has 1 fully saturated rings. The quantitative estimate of drug-likeness (QED) is 0.396. The van der Waals surface area contributed by atoms with E-state index >= 15 is 0 Å². The third-order valence-electron chi connectivity index (χ3n) is 6.74. The first-order chi connectivity index (χ1) is 17.0. The number of aliphatic hydroxyl groups is 1. The molecule has 1 saturated carbocycles. The summed E-state index contributed by atoms with van der Waals surface area (Å²) in [5.41, 5.74) is -3.50. The molecule has 0 heterocycles. The number of aliphatic carboxylic acids is 1. The van der Waals surface area contributed by atoms with Crippen LogP contribution in [0.5, 0.6) is 0 Å². The molecule has 192 valence electrons. The van der Waals surface area contributed by atoms with Crippen molar-refractivity contribution in [3.8, 4) is 0 Å². The zero-order valence-corrected chi connectivity index (χ0v) is 20.3. The minimum Gasteiger partial charge on any atom is -0.488 e. The minimum absolute atomic E-state index is 0.00722. The molecule has 0 aromatic heterocycles. The van der Waals surface area contributed by atoms with E-state index < -0.39 is 29.0 Å². The molecule has 2 aromatic carbocycles. The molecule has 2 unspecified atom stereocenters. The van der Waals surface area contributed by atoms with Gasteiger partial charge in [0.1, 0.15) is 17.9 Å². The molecule has 6 nitrogen and oxygen atoms in total. The van der Waals surface area contributed by atoms with E-state index in [2.05, 4.69) is 5.32 Å². The van der Waals surface area contributed by atoms with Crippen LogP contribution in [0.4, 0.5) is 13.2 Å². The molecule has 3 N–H and O–H groups in total. The first-order valence-corrected chi connectivity index (χ1v) is 12.3. The van der Waals surface area contributed by atoms with Crippen molar-refractivity contribution >= 4 is 29.3 Å². The fourth-order valence-corrected chi connectivity index (χ4v) is 5.10. The summed E-state index contributed by atoms with van der Waals surface area (Å²) in [7, 11) is 0. The molecule has 2 aromatic rings. The number of aliphatic hydroxyl groups excluding tert-OH is 1.